The minimum atomic E-state index is -3.94. The van der Waals surface area contributed by atoms with E-state index in [2.05, 4.69) is 15.6 Å². The lowest BCUT2D eigenvalue weighted by atomic mass is 10.2. The quantitative estimate of drug-likeness (QED) is 0.541. The Morgan fingerprint density at radius 1 is 0.724 bits per heavy atom. The fourth-order valence-electron chi connectivity index (χ4n) is 2.43. The molecule has 3 aromatic rings. The van der Waals surface area contributed by atoms with Gasteiger partial charge in [0.1, 0.15) is 0 Å². The molecule has 148 valence electrons. The summed E-state index contributed by atoms with van der Waals surface area (Å²) >= 11 is 5.79. The second kappa shape index (κ2) is 8.76. The smallest absolute Gasteiger partial charge is 0.271 e. The van der Waals surface area contributed by atoms with Gasteiger partial charge >= 0.3 is 0 Å². The van der Waals surface area contributed by atoms with E-state index in [1.165, 1.54) is 36.4 Å². The zero-order valence-corrected chi connectivity index (χ0v) is 16.5. The first-order valence-corrected chi connectivity index (χ1v) is 10.3. The number of hydrogen-bond donors (Lipinski definition) is 3. The lowest BCUT2D eigenvalue weighted by Crippen LogP contribution is -2.41. The molecule has 0 unspecified atom stereocenters. The summed E-state index contributed by atoms with van der Waals surface area (Å²) in [4.78, 5) is 24.5. The first-order chi connectivity index (χ1) is 13.9. The Hall–Kier alpha value is -3.36. The number of halogens is 1. The van der Waals surface area contributed by atoms with Crippen LogP contribution in [0.5, 0.6) is 0 Å². The second-order valence-corrected chi connectivity index (χ2v) is 8.00. The number of nitrogens with one attached hydrogen (secondary N) is 3. The van der Waals surface area contributed by atoms with E-state index in [9.17, 15) is 18.0 Å². The third kappa shape index (κ3) is 5.13. The zero-order chi connectivity index (χ0) is 20.9. The Bertz CT molecular complexity index is 1130. The van der Waals surface area contributed by atoms with Crippen LogP contribution in [-0.4, -0.2) is 20.2 Å². The van der Waals surface area contributed by atoms with Crippen LogP contribution >= 0.6 is 11.6 Å². The number of benzene rings is 3. The van der Waals surface area contributed by atoms with Crippen LogP contribution in [0, 0.1) is 0 Å². The Labute approximate surface area is 172 Å². The molecule has 0 aliphatic rings. The SMILES string of the molecule is O=C(NNC(=O)c1ccccc1NS(=O)(=O)c1ccc(Cl)cc1)c1ccccc1. The van der Waals surface area contributed by atoms with Crippen molar-refractivity contribution in [3.05, 3.63) is 95.0 Å². The van der Waals surface area contributed by atoms with Crippen LogP contribution in [0.25, 0.3) is 0 Å². The zero-order valence-electron chi connectivity index (χ0n) is 14.9. The molecular weight excluding hydrogens is 414 g/mol. The van der Waals surface area contributed by atoms with Crippen molar-refractivity contribution in [3.63, 3.8) is 0 Å². The maximum Gasteiger partial charge on any atom is 0.271 e. The van der Waals surface area contributed by atoms with E-state index in [1.807, 2.05) is 0 Å². The van der Waals surface area contributed by atoms with Crippen molar-refractivity contribution in [1.29, 1.82) is 0 Å². The van der Waals surface area contributed by atoms with Gasteiger partial charge in [-0.05, 0) is 48.5 Å². The third-order valence-electron chi connectivity index (χ3n) is 3.87. The van der Waals surface area contributed by atoms with Gasteiger partial charge in [-0.3, -0.25) is 25.2 Å². The molecule has 0 aliphatic heterocycles. The van der Waals surface area contributed by atoms with Crippen LogP contribution in [0.1, 0.15) is 20.7 Å². The van der Waals surface area contributed by atoms with Gasteiger partial charge in [-0.15, -0.1) is 0 Å². The standard InChI is InChI=1S/C20H16ClN3O4S/c21-15-10-12-16(13-11-15)29(27,28)24-18-9-5-4-8-17(18)20(26)23-22-19(25)14-6-2-1-3-7-14/h1-13,24H,(H,22,25)(H,23,26). The molecule has 29 heavy (non-hydrogen) atoms. The molecule has 3 N–H and O–H groups in total. The first-order valence-electron chi connectivity index (χ1n) is 8.40. The first kappa shape index (κ1) is 20.4. The van der Waals surface area contributed by atoms with Crippen LogP contribution in [0.15, 0.2) is 83.8 Å². The summed E-state index contributed by atoms with van der Waals surface area (Å²) < 4.78 is 27.5. The molecule has 0 radical (unpaired) electrons. The number of carbonyl (C=O) groups excluding carboxylic acids is 2. The highest BCUT2D eigenvalue weighted by Gasteiger charge is 2.19. The van der Waals surface area contributed by atoms with Gasteiger partial charge in [0.05, 0.1) is 16.1 Å². The number of carbonyl (C=O) groups is 2. The highest BCUT2D eigenvalue weighted by Crippen LogP contribution is 2.21. The van der Waals surface area contributed by atoms with Crippen molar-refractivity contribution in [2.24, 2.45) is 0 Å². The fraction of sp³-hybridized carbons (Fsp3) is 0. The Balaban J connectivity index is 1.75. The number of amides is 2. The molecule has 0 aromatic heterocycles. The molecule has 0 aliphatic carbocycles. The molecule has 2 amide bonds. The summed E-state index contributed by atoms with van der Waals surface area (Å²) in [5.41, 5.74) is 5.04. The van der Waals surface area contributed by atoms with Gasteiger partial charge in [-0.25, -0.2) is 8.42 Å². The predicted molar refractivity (Wildman–Crippen MR) is 110 cm³/mol. The molecule has 0 atom stereocenters. The summed E-state index contributed by atoms with van der Waals surface area (Å²) in [6.07, 6.45) is 0. The van der Waals surface area contributed by atoms with Crippen molar-refractivity contribution < 1.29 is 18.0 Å². The second-order valence-electron chi connectivity index (χ2n) is 5.88. The normalized spacial score (nSPS) is 10.8. The van der Waals surface area contributed by atoms with Gasteiger partial charge in [-0.2, -0.15) is 0 Å². The van der Waals surface area contributed by atoms with Crippen molar-refractivity contribution >= 4 is 39.1 Å². The summed E-state index contributed by atoms with van der Waals surface area (Å²) in [5, 5.41) is 0.401. The molecule has 3 rings (SSSR count). The highest BCUT2D eigenvalue weighted by molar-refractivity contribution is 7.92. The number of para-hydroxylation sites is 1. The topological polar surface area (TPSA) is 104 Å². The molecule has 7 nitrogen and oxygen atoms in total. The van der Waals surface area contributed by atoms with Crippen LogP contribution in [0.2, 0.25) is 5.02 Å². The summed E-state index contributed by atoms with van der Waals surface area (Å²) in [6.45, 7) is 0. The average Bonchev–Trinajstić information content (AvgIpc) is 2.73. The molecule has 0 fully saturated rings. The Kier molecular flexibility index (Phi) is 6.16. The van der Waals surface area contributed by atoms with Crippen molar-refractivity contribution in [1.82, 2.24) is 10.9 Å². The number of hydrazine groups is 1. The van der Waals surface area contributed by atoms with Crippen LogP contribution in [0.3, 0.4) is 0 Å². The maximum absolute atomic E-state index is 12.6. The number of anilines is 1. The van der Waals surface area contributed by atoms with Crippen LogP contribution in [0.4, 0.5) is 5.69 Å². The van der Waals surface area contributed by atoms with Crippen LogP contribution in [-0.2, 0) is 10.0 Å². The van der Waals surface area contributed by atoms with Crippen molar-refractivity contribution in [2.45, 2.75) is 4.90 Å². The number of rotatable bonds is 5. The lowest BCUT2D eigenvalue weighted by molar-refractivity contribution is 0.0847. The summed E-state index contributed by atoms with van der Waals surface area (Å²) in [6, 6.07) is 20.0. The van der Waals surface area contributed by atoms with Crippen LogP contribution < -0.4 is 15.6 Å². The van der Waals surface area contributed by atoms with Gasteiger partial charge in [0.15, 0.2) is 0 Å². The van der Waals surface area contributed by atoms with Gasteiger partial charge in [-0.1, -0.05) is 41.9 Å². The molecule has 3 aromatic carbocycles. The van der Waals surface area contributed by atoms with E-state index < -0.39 is 21.8 Å². The molecule has 9 heteroatoms. The van der Waals surface area contributed by atoms with E-state index in [1.54, 1.807) is 42.5 Å². The number of hydrogen-bond acceptors (Lipinski definition) is 4. The maximum atomic E-state index is 12.6. The van der Waals surface area contributed by atoms with Crippen molar-refractivity contribution in [3.8, 4) is 0 Å². The lowest BCUT2D eigenvalue weighted by Gasteiger charge is -2.13. The van der Waals surface area contributed by atoms with Gasteiger partial charge < -0.3 is 0 Å². The van der Waals surface area contributed by atoms with E-state index in [4.69, 9.17) is 11.6 Å². The fourth-order valence-corrected chi connectivity index (χ4v) is 3.64. The van der Waals surface area contributed by atoms with E-state index in [0.29, 0.717) is 10.6 Å². The summed E-state index contributed by atoms with van der Waals surface area (Å²) in [5.74, 6) is -1.18. The monoisotopic (exact) mass is 429 g/mol. The molecule has 0 saturated heterocycles. The molecular formula is C20H16ClN3O4S. The Morgan fingerprint density at radius 2 is 1.31 bits per heavy atom. The average molecular weight is 430 g/mol. The molecule has 0 saturated carbocycles. The largest absolute Gasteiger partial charge is 0.279 e. The molecule has 0 heterocycles. The summed E-state index contributed by atoms with van der Waals surface area (Å²) in [7, 11) is -3.94. The van der Waals surface area contributed by atoms with Gasteiger partial charge in [0.2, 0.25) is 0 Å². The van der Waals surface area contributed by atoms with E-state index in [0.717, 1.165) is 0 Å². The minimum absolute atomic E-state index is 0.00510. The Morgan fingerprint density at radius 3 is 2.00 bits per heavy atom. The van der Waals surface area contributed by atoms with Gasteiger partial charge in [0, 0.05) is 10.6 Å². The highest BCUT2D eigenvalue weighted by atomic mass is 35.5. The number of sulfonamides is 1. The van der Waals surface area contributed by atoms with Crippen molar-refractivity contribution in [2.75, 3.05) is 4.72 Å². The van der Waals surface area contributed by atoms with E-state index in [-0.39, 0.29) is 16.1 Å². The molecule has 0 bridgehead atoms. The van der Waals surface area contributed by atoms with E-state index >= 15 is 0 Å². The minimum Gasteiger partial charge on any atom is -0.279 e. The predicted octanol–water partition coefficient (Wildman–Crippen LogP) is 3.22. The molecule has 0 spiro atoms. The third-order valence-corrected chi connectivity index (χ3v) is 5.50. The van der Waals surface area contributed by atoms with Gasteiger partial charge in [0.25, 0.3) is 21.8 Å².